The Kier molecular flexibility index (Phi) is 6.73. The second-order valence-corrected chi connectivity index (χ2v) is 9.81. The average molecular weight is 533 g/mol. The summed E-state index contributed by atoms with van der Waals surface area (Å²) in [7, 11) is 0. The van der Waals surface area contributed by atoms with Crippen molar-refractivity contribution in [3.63, 3.8) is 0 Å². The zero-order valence-corrected chi connectivity index (χ0v) is 21.7. The molecule has 2 atom stereocenters. The van der Waals surface area contributed by atoms with Crippen LogP contribution < -0.4 is 0 Å². The number of carboxylic acids is 2. The predicted molar refractivity (Wildman–Crippen MR) is 147 cm³/mol. The summed E-state index contributed by atoms with van der Waals surface area (Å²) in [5.74, 6) is -3.65. The van der Waals surface area contributed by atoms with E-state index in [2.05, 4.69) is 0 Å². The Balaban J connectivity index is 0.000000162. The molecule has 0 heterocycles. The van der Waals surface area contributed by atoms with Crippen molar-refractivity contribution in [3.05, 3.63) is 129 Å². The lowest BCUT2D eigenvalue weighted by Gasteiger charge is -2.18. The number of carbonyl (C=O) groups is 5. The van der Waals surface area contributed by atoms with Gasteiger partial charge >= 0.3 is 11.9 Å². The van der Waals surface area contributed by atoms with Gasteiger partial charge < -0.3 is 10.2 Å². The third-order valence-electron chi connectivity index (χ3n) is 7.44. The molecule has 0 aromatic heterocycles. The maximum atomic E-state index is 12.5. The number of carbonyl (C=O) groups excluding carboxylic acids is 3. The first-order chi connectivity index (χ1) is 19.1. The van der Waals surface area contributed by atoms with Gasteiger partial charge in [-0.3, -0.25) is 24.0 Å². The van der Waals surface area contributed by atoms with Crippen molar-refractivity contribution in [2.45, 2.75) is 25.7 Å². The molecule has 0 bridgehead atoms. The molecule has 198 valence electrons. The standard InChI is InChI=1S/C17H12O4.C16H12O3/c1-9(17(20)21)10-6-7-13-14(8-10)16(19)12-5-3-2-4-11(12)15(13)18;1-9(16(18)19)10-6-7-12-11-4-2-3-5-13(11)15(17)14(12)8-10/h2-9H,1H3,(H,20,21);2-9H,1H3,(H,18,19). The van der Waals surface area contributed by atoms with Gasteiger partial charge in [-0.05, 0) is 54.3 Å². The topological polar surface area (TPSA) is 126 Å². The number of hydrogen-bond donors (Lipinski definition) is 2. The van der Waals surface area contributed by atoms with Gasteiger partial charge in [0.2, 0.25) is 0 Å². The second kappa shape index (κ2) is 10.2. The van der Waals surface area contributed by atoms with E-state index in [1.54, 1.807) is 68.4 Å². The first-order valence-electron chi connectivity index (χ1n) is 12.7. The van der Waals surface area contributed by atoms with Crippen molar-refractivity contribution in [3.8, 4) is 11.1 Å². The van der Waals surface area contributed by atoms with Crippen molar-refractivity contribution in [1.82, 2.24) is 0 Å². The molecule has 0 fully saturated rings. The minimum atomic E-state index is -0.968. The SMILES string of the molecule is CC(C(=O)O)c1ccc2c(c1)C(=O)c1ccccc1-2.CC(C(=O)O)c1ccc2c(c1)C(=O)c1ccccc1C2=O. The molecule has 2 aliphatic rings. The van der Waals surface area contributed by atoms with Gasteiger partial charge in [-0.25, -0.2) is 0 Å². The van der Waals surface area contributed by atoms with Gasteiger partial charge in [0.1, 0.15) is 0 Å². The number of rotatable bonds is 4. The Morgan fingerprint density at radius 2 is 0.775 bits per heavy atom. The highest BCUT2D eigenvalue weighted by atomic mass is 16.4. The van der Waals surface area contributed by atoms with E-state index in [9.17, 15) is 24.0 Å². The molecule has 2 aliphatic carbocycles. The monoisotopic (exact) mass is 532 g/mol. The highest BCUT2D eigenvalue weighted by molar-refractivity contribution is 6.28. The fourth-order valence-corrected chi connectivity index (χ4v) is 4.99. The van der Waals surface area contributed by atoms with Gasteiger partial charge in [-0.15, -0.1) is 0 Å². The lowest BCUT2D eigenvalue weighted by Crippen LogP contribution is -2.21. The Morgan fingerprint density at radius 3 is 1.23 bits per heavy atom. The van der Waals surface area contributed by atoms with Crippen LogP contribution in [0.25, 0.3) is 11.1 Å². The molecule has 0 saturated carbocycles. The number of aliphatic carboxylic acids is 2. The molecular weight excluding hydrogens is 508 g/mol. The van der Waals surface area contributed by atoms with Crippen molar-refractivity contribution < 1.29 is 34.2 Å². The van der Waals surface area contributed by atoms with Crippen LogP contribution in [0.15, 0.2) is 84.9 Å². The maximum absolute atomic E-state index is 12.5. The van der Waals surface area contributed by atoms with E-state index in [-0.39, 0.29) is 22.9 Å². The molecule has 40 heavy (non-hydrogen) atoms. The molecule has 0 saturated heterocycles. The third-order valence-corrected chi connectivity index (χ3v) is 7.44. The van der Waals surface area contributed by atoms with Crippen molar-refractivity contribution in [1.29, 1.82) is 0 Å². The summed E-state index contributed by atoms with van der Waals surface area (Å²) in [6.07, 6.45) is 0. The Labute approximate surface area is 229 Å². The van der Waals surface area contributed by atoms with Gasteiger partial charge in [-0.1, -0.05) is 66.7 Å². The number of benzene rings is 4. The number of carboxylic acid groups (broad SMARTS) is 2. The molecule has 2 N–H and O–H groups in total. The molecule has 7 nitrogen and oxygen atoms in total. The number of hydrogen-bond acceptors (Lipinski definition) is 5. The van der Waals surface area contributed by atoms with Crippen LogP contribution in [-0.2, 0) is 9.59 Å². The molecule has 0 amide bonds. The maximum Gasteiger partial charge on any atom is 0.310 e. The Morgan fingerprint density at radius 1 is 0.475 bits per heavy atom. The van der Waals surface area contributed by atoms with Crippen LogP contribution in [0.2, 0.25) is 0 Å². The molecule has 0 aliphatic heterocycles. The van der Waals surface area contributed by atoms with Gasteiger partial charge in [0.05, 0.1) is 11.8 Å². The quantitative estimate of drug-likeness (QED) is 0.297. The van der Waals surface area contributed by atoms with Gasteiger partial charge in [0, 0.05) is 33.4 Å². The normalized spacial score (nSPS) is 14.1. The molecule has 7 heteroatoms. The molecule has 4 aromatic rings. The Hall–Kier alpha value is -5.17. The van der Waals surface area contributed by atoms with Gasteiger partial charge in [0.25, 0.3) is 0 Å². The van der Waals surface area contributed by atoms with E-state index in [0.717, 1.165) is 11.1 Å². The summed E-state index contributed by atoms with van der Waals surface area (Å²) in [4.78, 5) is 59.3. The van der Waals surface area contributed by atoms with E-state index in [0.29, 0.717) is 38.9 Å². The van der Waals surface area contributed by atoms with Crippen molar-refractivity contribution >= 4 is 29.3 Å². The number of fused-ring (bicyclic) bond motifs is 5. The van der Waals surface area contributed by atoms with Crippen LogP contribution in [0.5, 0.6) is 0 Å². The van der Waals surface area contributed by atoms with Crippen LogP contribution in [-0.4, -0.2) is 39.5 Å². The summed E-state index contributed by atoms with van der Waals surface area (Å²) in [6, 6.07) is 24.1. The molecular formula is C33H24O7. The van der Waals surface area contributed by atoms with E-state index in [1.807, 2.05) is 24.3 Å². The van der Waals surface area contributed by atoms with E-state index >= 15 is 0 Å². The first-order valence-corrected chi connectivity index (χ1v) is 12.7. The van der Waals surface area contributed by atoms with E-state index < -0.39 is 23.8 Å². The van der Waals surface area contributed by atoms with E-state index in [1.165, 1.54) is 6.07 Å². The molecule has 6 rings (SSSR count). The second-order valence-electron chi connectivity index (χ2n) is 9.81. The van der Waals surface area contributed by atoms with Gasteiger partial charge in [0.15, 0.2) is 17.3 Å². The van der Waals surface area contributed by atoms with Crippen LogP contribution in [0.4, 0.5) is 0 Å². The fraction of sp³-hybridized carbons (Fsp3) is 0.121. The summed E-state index contributed by atoms with van der Waals surface area (Å²) in [5, 5.41) is 18.1. The lowest BCUT2D eigenvalue weighted by atomic mass is 9.82. The molecule has 0 radical (unpaired) electrons. The zero-order chi connectivity index (χ0) is 28.7. The Bertz CT molecular complexity index is 1750. The zero-order valence-electron chi connectivity index (χ0n) is 21.7. The van der Waals surface area contributed by atoms with Crippen molar-refractivity contribution in [2.75, 3.05) is 0 Å². The summed E-state index contributed by atoms with van der Waals surface area (Å²) >= 11 is 0. The smallest absolute Gasteiger partial charge is 0.310 e. The summed E-state index contributed by atoms with van der Waals surface area (Å²) in [6.45, 7) is 3.17. The third kappa shape index (κ3) is 4.41. The van der Waals surface area contributed by atoms with Crippen molar-refractivity contribution in [2.24, 2.45) is 0 Å². The predicted octanol–water partition coefficient (Wildman–Crippen LogP) is 5.74. The van der Waals surface area contributed by atoms with Crippen LogP contribution in [0.1, 0.15) is 84.6 Å². The molecule has 0 spiro atoms. The molecule has 2 unspecified atom stereocenters. The van der Waals surface area contributed by atoms with Crippen LogP contribution in [0, 0.1) is 0 Å². The summed E-state index contributed by atoms with van der Waals surface area (Å²) < 4.78 is 0. The lowest BCUT2D eigenvalue weighted by molar-refractivity contribution is -0.139. The minimum Gasteiger partial charge on any atom is -0.481 e. The fourth-order valence-electron chi connectivity index (χ4n) is 4.99. The largest absolute Gasteiger partial charge is 0.481 e. The van der Waals surface area contributed by atoms with Crippen LogP contribution >= 0.6 is 0 Å². The molecule has 4 aromatic carbocycles. The van der Waals surface area contributed by atoms with Crippen LogP contribution in [0.3, 0.4) is 0 Å². The first kappa shape index (κ1) is 26.4. The summed E-state index contributed by atoms with van der Waals surface area (Å²) in [5.41, 5.74) is 5.67. The van der Waals surface area contributed by atoms with E-state index in [4.69, 9.17) is 10.2 Å². The minimum absolute atomic E-state index is 0.0231. The number of ketones is 3. The van der Waals surface area contributed by atoms with Gasteiger partial charge in [-0.2, -0.15) is 0 Å². The highest BCUT2D eigenvalue weighted by Gasteiger charge is 2.30. The average Bonchev–Trinajstić information content (AvgIpc) is 3.26. The highest BCUT2D eigenvalue weighted by Crippen LogP contribution is 2.37.